The van der Waals surface area contributed by atoms with Crippen molar-refractivity contribution in [1.82, 2.24) is 14.7 Å². The number of hydrogen-bond acceptors (Lipinski definition) is 4. The van der Waals surface area contributed by atoms with Crippen LogP contribution in [0.5, 0.6) is 5.75 Å². The first-order valence-electron chi connectivity index (χ1n) is 8.33. The highest BCUT2D eigenvalue weighted by molar-refractivity contribution is 5.94. The molecule has 2 aromatic rings. The van der Waals surface area contributed by atoms with Gasteiger partial charge in [0.25, 0.3) is 5.91 Å². The second-order valence-corrected chi connectivity index (χ2v) is 7.21. The lowest BCUT2D eigenvalue weighted by Crippen LogP contribution is -2.28. The van der Waals surface area contributed by atoms with E-state index in [9.17, 15) is 9.59 Å². The molecule has 2 rings (SSSR count). The summed E-state index contributed by atoms with van der Waals surface area (Å²) in [5, 5.41) is 13.0. The van der Waals surface area contributed by atoms with Crippen LogP contribution in [0.2, 0.25) is 0 Å². The van der Waals surface area contributed by atoms with Crippen LogP contribution < -0.4 is 4.74 Å². The average molecular weight is 359 g/mol. The van der Waals surface area contributed by atoms with Gasteiger partial charge in [0.05, 0.1) is 17.3 Å². The molecule has 0 fully saturated rings. The van der Waals surface area contributed by atoms with Crippen LogP contribution in [-0.2, 0) is 16.9 Å². The van der Waals surface area contributed by atoms with Crippen LogP contribution in [0.3, 0.4) is 0 Å². The molecule has 1 aromatic carbocycles. The Morgan fingerprint density at radius 1 is 1.23 bits per heavy atom. The number of aromatic nitrogens is 2. The Morgan fingerprint density at radius 3 is 2.35 bits per heavy atom. The van der Waals surface area contributed by atoms with Crippen LogP contribution in [0.25, 0.3) is 0 Å². The number of carbonyl (C=O) groups excluding carboxylic acids is 1. The molecular weight excluding hydrogens is 334 g/mol. The summed E-state index contributed by atoms with van der Waals surface area (Å²) in [6.07, 6.45) is 1.61. The topological polar surface area (TPSA) is 84.7 Å². The number of ether oxygens (including phenoxy) is 1. The predicted octanol–water partition coefficient (Wildman–Crippen LogP) is 2.68. The Hall–Kier alpha value is -2.83. The Bertz CT molecular complexity index is 788. The number of aliphatic carboxylic acids is 1. The molecule has 0 aliphatic heterocycles. The molecule has 0 saturated heterocycles. The van der Waals surface area contributed by atoms with Crippen LogP contribution in [-0.4, -0.2) is 45.3 Å². The van der Waals surface area contributed by atoms with Crippen molar-refractivity contribution in [3.63, 3.8) is 0 Å². The molecule has 0 atom stereocenters. The molecule has 0 aliphatic rings. The zero-order valence-electron chi connectivity index (χ0n) is 15.8. The highest BCUT2D eigenvalue weighted by atomic mass is 16.5. The lowest BCUT2D eigenvalue weighted by Gasteiger charge is -2.22. The average Bonchev–Trinajstić information content (AvgIpc) is 2.95. The fraction of sp³-hybridized carbons (Fsp3) is 0.421. The van der Waals surface area contributed by atoms with Crippen molar-refractivity contribution in [2.45, 2.75) is 39.8 Å². The molecule has 0 unspecified atom stereocenters. The summed E-state index contributed by atoms with van der Waals surface area (Å²) >= 11 is 0. The van der Waals surface area contributed by atoms with E-state index in [0.29, 0.717) is 17.9 Å². The predicted molar refractivity (Wildman–Crippen MR) is 97.3 cm³/mol. The van der Waals surface area contributed by atoms with Gasteiger partial charge in [0, 0.05) is 19.3 Å². The highest BCUT2D eigenvalue weighted by Crippen LogP contribution is 2.20. The standard InChI is InChI=1S/C19H25N3O4/c1-13-16(10-20-22(13)19(2,3)4)18(25)21(5)11-14-6-8-15(9-7-14)26-12-17(23)24/h6-10H,11-12H2,1-5H3,(H,23,24). The molecule has 0 aliphatic carbocycles. The number of benzene rings is 1. The number of nitrogens with zero attached hydrogens (tertiary/aromatic N) is 3. The van der Waals surface area contributed by atoms with Crippen molar-refractivity contribution in [3.05, 3.63) is 47.3 Å². The third-order valence-electron chi connectivity index (χ3n) is 3.93. The van der Waals surface area contributed by atoms with Gasteiger partial charge in [-0.25, -0.2) is 4.79 Å². The molecular formula is C19H25N3O4. The zero-order chi connectivity index (χ0) is 19.5. The second-order valence-electron chi connectivity index (χ2n) is 7.21. The lowest BCUT2D eigenvalue weighted by molar-refractivity contribution is -0.139. The smallest absolute Gasteiger partial charge is 0.341 e. The number of hydrogen-bond donors (Lipinski definition) is 1. The van der Waals surface area contributed by atoms with Gasteiger partial charge in [-0.3, -0.25) is 9.48 Å². The van der Waals surface area contributed by atoms with E-state index < -0.39 is 5.97 Å². The molecule has 7 heteroatoms. The summed E-state index contributed by atoms with van der Waals surface area (Å²) in [6, 6.07) is 7.01. The second kappa shape index (κ2) is 7.59. The minimum absolute atomic E-state index is 0.0933. The number of rotatable bonds is 6. The van der Waals surface area contributed by atoms with E-state index in [2.05, 4.69) is 5.10 Å². The van der Waals surface area contributed by atoms with Gasteiger partial charge in [0.2, 0.25) is 0 Å². The van der Waals surface area contributed by atoms with E-state index in [-0.39, 0.29) is 18.1 Å². The first-order valence-corrected chi connectivity index (χ1v) is 8.33. The summed E-state index contributed by atoms with van der Waals surface area (Å²) in [5.74, 6) is -0.637. The fourth-order valence-corrected chi connectivity index (χ4v) is 2.68. The van der Waals surface area contributed by atoms with Gasteiger partial charge in [0.1, 0.15) is 5.75 Å². The van der Waals surface area contributed by atoms with Crippen molar-refractivity contribution in [2.75, 3.05) is 13.7 Å². The maximum Gasteiger partial charge on any atom is 0.341 e. The Morgan fingerprint density at radius 2 is 1.85 bits per heavy atom. The summed E-state index contributed by atoms with van der Waals surface area (Å²) in [6.45, 7) is 8.07. The van der Waals surface area contributed by atoms with E-state index in [1.54, 1.807) is 30.3 Å². The maximum absolute atomic E-state index is 12.7. The molecule has 140 valence electrons. The van der Waals surface area contributed by atoms with Gasteiger partial charge in [-0.1, -0.05) is 12.1 Å². The normalized spacial score (nSPS) is 11.3. The SMILES string of the molecule is Cc1c(C(=O)N(C)Cc2ccc(OCC(=O)O)cc2)cnn1C(C)(C)C. The van der Waals surface area contributed by atoms with Gasteiger partial charge in [-0.15, -0.1) is 0 Å². The third kappa shape index (κ3) is 4.62. The van der Waals surface area contributed by atoms with Gasteiger partial charge in [0.15, 0.2) is 6.61 Å². The number of carboxylic acid groups (broad SMARTS) is 1. The summed E-state index contributed by atoms with van der Waals surface area (Å²) < 4.78 is 6.95. The molecule has 0 saturated carbocycles. The maximum atomic E-state index is 12.7. The fourth-order valence-electron chi connectivity index (χ4n) is 2.68. The molecule has 7 nitrogen and oxygen atoms in total. The zero-order valence-corrected chi connectivity index (χ0v) is 15.8. The molecule has 0 spiro atoms. The summed E-state index contributed by atoms with van der Waals surface area (Å²) in [5.41, 5.74) is 2.16. The van der Waals surface area contributed by atoms with Gasteiger partial charge < -0.3 is 14.7 Å². The number of amides is 1. The molecule has 1 N–H and O–H groups in total. The summed E-state index contributed by atoms with van der Waals surface area (Å²) in [4.78, 5) is 24.9. The van der Waals surface area contributed by atoms with Gasteiger partial charge >= 0.3 is 5.97 Å². The molecule has 0 radical (unpaired) electrons. The van der Waals surface area contributed by atoms with Crippen molar-refractivity contribution < 1.29 is 19.4 Å². The van der Waals surface area contributed by atoms with E-state index >= 15 is 0 Å². The monoisotopic (exact) mass is 359 g/mol. The molecule has 1 heterocycles. The Kier molecular flexibility index (Phi) is 5.69. The number of carbonyl (C=O) groups is 2. The Labute approximate surface area is 153 Å². The third-order valence-corrected chi connectivity index (χ3v) is 3.93. The largest absolute Gasteiger partial charge is 0.482 e. The van der Waals surface area contributed by atoms with E-state index in [0.717, 1.165) is 11.3 Å². The first-order chi connectivity index (χ1) is 12.1. The van der Waals surface area contributed by atoms with Crippen molar-refractivity contribution in [3.8, 4) is 5.75 Å². The molecule has 1 aromatic heterocycles. The quantitative estimate of drug-likeness (QED) is 0.857. The van der Waals surface area contributed by atoms with Crippen LogP contribution in [0, 0.1) is 6.92 Å². The molecule has 1 amide bonds. The highest BCUT2D eigenvalue weighted by Gasteiger charge is 2.23. The van der Waals surface area contributed by atoms with E-state index in [1.807, 2.05) is 44.5 Å². The van der Waals surface area contributed by atoms with Crippen LogP contribution >= 0.6 is 0 Å². The van der Waals surface area contributed by atoms with Crippen LogP contribution in [0.1, 0.15) is 42.4 Å². The minimum Gasteiger partial charge on any atom is -0.482 e. The van der Waals surface area contributed by atoms with E-state index in [1.165, 1.54) is 0 Å². The minimum atomic E-state index is -1.02. The van der Waals surface area contributed by atoms with Crippen molar-refractivity contribution >= 4 is 11.9 Å². The summed E-state index contributed by atoms with van der Waals surface area (Å²) in [7, 11) is 1.74. The van der Waals surface area contributed by atoms with Crippen molar-refractivity contribution in [1.29, 1.82) is 0 Å². The first kappa shape index (κ1) is 19.5. The molecule has 0 bridgehead atoms. The number of carboxylic acids is 1. The molecule has 26 heavy (non-hydrogen) atoms. The Balaban J connectivity index is 2.05. The van der Waals surface area contributed by atoms with Gasteiger partial charge in [-0.2, -0.15) is 5.10 Å². The lowest BCUT2D eigenvalue weighted by atomic mass is 10.1. The van der Waals surface area contributed by atoms with Crippen molar-refractivity contribution in [2.24, 2.45) is 0 Å². The van der Waals surface area contributed by atoms with Gasteiger partial charge in [-0.05, 0) is 45.4 Å². The van der Waals surface area contributed by atoms with Crippen LogP contribution in [0.15, 0.2) is 30.5 Å². The van der Waals surface area contributed by atoms with E-state index in [4.69, 9.17) is 9.84 Å². The van der Waals surface area contributed by atoms with Crippen LogP contribution in [0.4, 0.5) is 0 Å².